The van der Waals surface area contributed by atoms with Crippen molar-refractivity contribution in [2.75, 3.05) is 11.1 Å². The van der Waals surface area contributed by atoms with Gasteiger partial charge in [0.1, 0.15) is 6.04 Å². The number of amides is 1. The van der Waals surface area contributed by atoms with Gasteiger partial charge in [-0.1, -0.05) is 42.5 Å². The molecule has 158 valence electrons. The third-order valence-corrected chi connectivity index (χ3v) is 5.75. The van der Waals surface area contributed by atoms with E-state index in [2.05, 4.69) is 10.6 Å². The SMILES string of the molecule is N=C(c1cccc(SN)c1)c1cc(NC(=O)C(NC2CC2)c2ccccc2)ccc1N. The highest BCUT2D eigenvalue weighted by molar-refractivity contribution is 7.97. The van der Waals surface area contributed by atoms with Gasteiger partial charge in [0.25, 0.3) is 0 Å². The van der Waals surface area contributed by atoms with E-state index in [1.165, 1.54) is 0 Å². The molecule has 3 aromatic rings. The van der Waals surface area contributed by atoms with Crippen LogP contribution in [0.25, 0.3) is 0 Å². The van der Waals surface area contributed by atoms with Crippen LogP contribution in [0.3, 0.4) is 0 Å². The Balaban J connectivity index is 1.57. The highest BCUT2D eigenvalue weighted by Crippen LogP contribution is 2.27. The van der Waals surface area contributed by atoms with Crippen molar-refractivity contribution >= 4 is 34.9 Å². The summed E-state index contributed by atoms with van der Waals surface area (Å²) in [6.07, 6.45) is 2.17. The number of hydrogen-bond acceptors (Lipinski definition) is 6. The van der Waals surface area contributed by atoms with Gasteiger partial charge >= 0.3 is 0 Å². The summed E-state index contributed by atoms with van der Waals surface area (Å²) in [6.45, 7) is 0. The van der Waals surface area contributed by atoms with Crippen molar-refractivity contribution in [1.82, 2.24) is 5.32 Å². The number of anilines is 2. The quantitative estimate of drug-likeness (QED) is 0.209. The summed E-state index contributed by atoms with van der Waals surface area (Å²) in [5.41, 5.74) is 9.70. The van der Waals surface area contributed by atoms with E-state index in [0.29, 0.717) is 28.5 Å². The first-order chi connectivity index (χ1) is 15.0. The van der Waals surface area contributed by atoms with Gasteiger partial charge in [0, 0.05) is 33.4 Å². The van der Waals surface area contributed by atoms with Crippen molar-refractivity contribution in [3.05, 3.63) is 89.5 Å². The Kier molecular flexibility index (Phi) is 6.36. The Morgan fingerprint density at radius 3 is 2.52 bits per heavy atom. The van der Waals surface area contributed by atoms with Crippen molar-refractivity contribution < 1.29 is 4.79 Å². The molecule has 7 N–H and O–H groups in total. The number of carbonyl (C=O) groups excluding carboxylic acids is 1. The van der Waals surface area contributed by atoms with Crippen LogP contribution in [0, 0.1) is 5.41 Å². The van der Waals surface area contributed by atoms with Gasteiger partial charge in [0.15, 0.2) is 0 Å². The molecule has 1 atom stereocenters. The van der Waals surface area contributed by atoms with Crippen LogP contribution in [0.15, 0.2) is 77.7 Å². The summed E-state index contributed by atoms with van der Waals surface area (Å²) in [7, 11) is 0. The molecule has 1 fully saturated rings. The summed E-state index contributed by atoms with van der Waals surface area (Å²) >= 11 is 1.13. The van der Waals surface area contributed by atoms with Gasteiger partial charge in [-0.05, 0) is 60.7 Å². The Morgan fingerprint density at radius 1 is 1.03 bits per heavy atom. The molecule has 1 saturated carbocycles. The molecule has 1 unspecified atom stereocenters. The van der Waals surface area contributed by atoms with E-state index in [9.17, 15) is 4.79 Å². The highest BCUT2D eigenvalue weighted by Gasteiger charge is 2.29. The second-order valence-electron chi connectivity index (χ2n) is 7.60. The molecule has 0 aromatic heterocycles. The zero-order valence-electron chi connectivity index (χ0n) is 17.0. The van der Waals surface area contributed by atoms with Crippen LogP contribution >= 0.6 is 11.9 Å². The van der Waals surface area contributed by atoms with E-state index in [4.69, 9.17) is 16.3 Å². The molecule has 1 amide bonds. The molecule has 31 heavy (non-hydrogen) atoms. The number of benzene rings is 3. The van der Waals surface area contributed by atoms with Gasteiger partial charge in [-0.2, -0.15) is 0 Å². The Morgan fingerprint density at radius 2 is 1.81 bits per heavy atom. The van der Waals surface area contributed by atoms with E-state index in [-0.39, 0.29) is 11.6 Å². The van der Waals surface area contributed by atoms with Gasteiger partial charge in [-0.25, -0.2) is 0 Å². The third-order valence-electron chi connectivity index (χ3n) is 5.22. The van der Waals surface area contributed by atoms with Crippen LogP contribution in [0.1, 0.15) is 35.6 Å². The van der Waals surface area contributed by atoms with E-state index in [0.717, 1.165) is 35.2 Å². The highest BCUT2D eigenvalue weighted by atomic mass is 32.2. The zero-order chi connectivity index (χ0) is 21.8. The van der Waals surface area contributed by atoms with Crippen molar-refractivity contribution in [3.63, 3.8) is 0 Å². The molecule has 3 aromatic carbocycles. The molecule has 0 aliphatic heterocycles. The average molecular weight is 432 g/mol. The number of rotatable bonds is 8. The minimum Gasteiger partial charge on any atom is -0.398 e. The lowest BCUT2D eigenvalue weighted by atomic mass is 10.00. The van der Waals surface area contributed by atoms with Crippen molar-refractivity contribution in [1.29, 1.82) is 5.41 Å². The van der Waals surface area contributed by atoms with Crippen molar-refractivity contribution in [3.8, 4) is 0 Å². The Bertz CT molecular complexity index is 1100. The second-order valence-corrected chi connectivity index (χ2v) is 8.30. The molecule has 6 nitrogen and oxygen atoms in total. The maximum atomic E-state index is 13.1. The van der Waals surface area contributed by atoms with Gasteiger partial charge in [-0.3, -0.25) is 20.7 Å². The van der Waals surface area contributed by atoms with E-state index in [1.807, 2.05) is 54.6 Å². The van der Waals surface area contributed by atoms with Crippen LogP contribution in [0.5, 0.6) is 0 Å². The molecular weight excluding hydrogens is 406 g/mol. The van der Waals surface area contributed by atoms with E-state index < -0.39 is 6.04 Å². The average Bonchev–Trinajstić information content (AvgIpc) is 3.63. The molecule has 0 bridgehead atoms. The van der Waals surface area contributed by atoms with Gasteiger partial charge in [0.05, 0.1) is 5.71 Å². The molecule has 1 aliphatic carbocycles. The van der Waals surface area contributed by atoms with Crippen LogP contribution in [0.4, 0.5) is 11.4 Å². The fourth-order valence-electron chi connectivity index (χ4n) is 3.40. The Labute approximate surface area is 186 Å². The molecule has 4 rings (SSSR count). The molecule has 0 spiro atoms. The normalized spacial score (nSPS) is 14.1. The molecule has 0 heterocycles. The fraction of sp³-hybridized carbons (Fsp3) is 0.167. The zero-order valence-corrected chi connectivity index (χ0v) is 17.8. The minimum atomic E-state index is -0.438. The van der Waals surface area contributed by atoms with E-state index in [1.54, 1.807) is 18.2 Å². The molecule has 1 aliphatic rings. The number of nitrogens with one attached hydrogen (secondary N) is 3. The molecular formula is C24H25N5OS. The standard InChI is InChI=1S/C24H25N5OS/c25-21-12-11-18(14-20(21)22(26)16-7-4-8-19(13-16)31-27)29-24(30)23(28-17-9-10-17)15-5-2-1-3-6-15/h1-8,11-14,17,23,26,28H,9-10,25,27H2,(H,29,30). The van der Waals surface area contributed by atoms with Crippen molar-refractivity contribution in [2.45, 2.75) is 29.8 Å². The summed E-state index contributed by atoms with van der Waals surface area (Å²) < 4.78 is 0. The lowest BCUT2D eigenvalue weighted by Crippen LogP contribution is -2.34. The fourth-order valence-corrected chi connectivity index (χ4v) is 3.75. The maximum absolute atomic E-state index is 13.1. The second kappa shape index (κ2) is 9.34. The first-order valence-electron chi connectivity index (χ1n) is 10.1. The first-order valence-corrected chi connectivity index (χ1v) is 11.0. The van der Waals surface area contributed by atoms with Crippen LogP contribution < -0.4 is 21.5 Å². The minimum absolute atomic E-state index is 0.137. The summed E-state index contributed by atoms with van der Waals surface area (Å²) in [5.74, 6) is -0.137. The lowest BCUT2D eigenvalue weighted by Gasteiger charge is -2.19. The van der Waals surface area contributed by atoms with Gasteiger partial charge < -0.3 is 11.1 Å². The number of nitrogens with two attached hydrogens (primary N) is 2. The van der Waals surface area contributed by atoms with Gasteiger partial charge in [-0.15, -0.1) is 0 Å². The molecule has 0 radical (unpaired) electrons. The number of hydrogen-bond donors (Lipinski definition) is 5. The van der Waals surface area contributed by atoms with Crippen molar-refractivity contribution in [2.24, 2.45) is 5.14 Å². The molecule has 7 heteroatoms. The van der Waals surface area contributed by atoms with Gasteiger partial charge in [0.2, 0.25) is 5.91 Å². The smallest absolute Gasteiger partial charge is 0.246 e. The predicted octanol–water partition coefficient (Wildman–Crippen LogP) is 4.08. The number of carbonyl (C=O) groups is 1. The maximum Gasteiger partial charge on any atom is 0.246 e. The monoisotopic (exact) mass is 431 g/mol. The predicted molar refractivity (Wildman–Crippen MR) is 127 cm³/mol. The topological polar surface area (TPSA) is 117 Å². The number of nitrogen functional groups attached to an aromatic ring is 1. The molecule has 0 saturated heterocycles. The van der Waals surface area contributed by atoms with Crippen LogP contribution in [-0.2, 0) is 4.79 Å². The van der Waals surface area contributed by atoms with Crippen LogP contribution in [0.2, 0.25) is 0 Å². The lowest BCUT2D eigenvalue weighted by molar-refractivity contribution is -0.118. The third kappa shape index (κ3) is 5.14. The largest absolute Gasteiger partial charge is 0.398 e. The van der Waals surface area contributed by atoms with E-state index >= 15 is 0 Å². The summed E-state index contributed by atoms with van der Waals surface area (Å²) in [5, 5.41) is 20.7. The Hall–Kier alpha value is -3.13. The van der Waals surface area contributed by atoms with Crippen LogP contribution in [-0.4, -0.2) is 17.7 Å². The first kappa shape index (κ1) is 21.1. The summed E-state index contributed by atoms with van der Waals surface area (Å²) in [4.78, 5) is 14.0. The summed E-state index contributed by atoms with van der Waals surface area (Å²) in [6, 6.07) is 22.3.